The highest BCUT2D eigenvalue weighted by Crippen LogP contribution is 2.30. The lowest BCUT2D eigenvalue weighted by Crippen LogP contribution is -2.35. The molecule has 3 nitrogen and oxygen atoms in total. The minimum absolute atomic E-state index is 0.0126. The molecule has 1 aliphatic rings. The lowest BCUT2D eigenvalue weighted by atomic mass is 9.97. The lowest BCUT2D eigenvalue weighted by Gasteiger charge is -2.20. The molecular weight excluding hydrogens is 312 g/mol. The molecule has 0 bridgehead atoms. The first-order chi connectivity index (χ1) is 10.7. The lowest BCUT2D eigenvalue weighted by molar-refractivity contribution is 0.0926. The number of nitrogens with one attached hydrogen (secondary N) is 1. The van der Waals surface area contributed by atoms with Crippen LogP contribution in [-0.4, -0.2) is 16.9 Å². The van der Waals surface area contributed by atoms with E-state index in [0.29, 0.717) is 11.7 Å². The van der Waals surface area contributed by atoms with Gasteiger partial charge in [0.15, 0.2) is 0 Å². The number of amides is 1. The Morgan fingerprint density at radius 3 is 2.59 bits per heavy atom. The number of thiophene rings is 1. The van der Waals surface area contributed by atoms with Crippen molar-refractivity contribution in [3.63, 3.8) is 0 Å². The Bertz CT molecular complexity index is 624. The molecule has 3 rings (SSSR count). The number of hydrogen-bond donors (Lipinski definition) is 1. The zero-order valence-electron chi connectivity index (χ0n) is 12.9. The van der Waals surface area contributed by atoms with Crippen LogP contribution in [0.4, 0.5) is 0 Å². The van der Waals surface area contributed by atoms with Crippen molar-refractivity contribution in [1.29, 1.82) is 0 Å². The highest BCUT2D eigenvalue weighted by Gasteiger charge is 2.18. The quantitative estimate of drug-likeness (QED) is 0.856. The van der Waals surface area contributed by atoms with Gasteiger partial charge in [0, 0.05) is 16.3 Å². The predicted octanol–water partition coefficient (Wildman–Crippen LogP) is 5.02. The van der Waals surface area contributed by atoms with Crippen LogP contribution in [0.3, 0.4) is 0 Å². The first-order valence-corrected chi connectivity index (χ1v) is 9.75. The number of aromatic nitrogens is 1. The Hall–Kier alpha value is -1.20. The van der Waals surface area contributed by atoms with Gasteiger partial charge in [0.2, 0.25) is 0 Å². The van der Waals surface area contributed by atoms with Gasteiger partial charge in [-0.3, -0.25) is 4.79 Å². The van der Waals surface area contributed by atoms with Gasteiger partial charge < -0.3 is 5.32 Å². The van der Waals surface area contributed by atoms with Crippen LogP contribution in [0.5, 0.6) is 0 Å². The molecule has 2 aromatic heterocycles. The molecule has 2 aromatic rings. The first kappa shape index (κ1) is 15.7. The van der Waals surface area contributed by atoms with Crippen molar-refractivity contribution in [2.24, 2.45) is 0 Å². The topological polar surface area (TPSA) is 42.0 Å². The molecule has 0 radical (unpaired) electrons. The number of carbonyl (C=O) groups is 1. The fourth-order valence-electron chi connectivity index (χ4n) is 2.90. The molecule has 1 N–H and O–H groups in total. The van der Waals surface area contributed by atoms with E-state index in [1.54, 1.807) is 22.7 Å². The summed E-state index contributed by atoms with van der Waals surface area (Å²) in [5.41, 5.74) is 0.563. The fourth-order valence-corrected chi connectivity index (χ4v) is 4.64. The van der Waals surface area contributed by atoms with Gasteiger partial charge in [-0.2, -0.15) is 0 Å². The zero-order chi connectivity index (χ0) is 15.4. The molecule has 0 atom stereocenters. The van der Waals surface area contributed by atoms with Gasteiger partial charge in [-0.15, -0.1) is 22.7 Å². The van der Waals surface area contributed by atoms with E-state index in [4.69, 9.17) is 0 Å². The van der Waals surface area contributed by atoms with Gasteiger partial charge in [-0.25, -0.2) is 4.98 Å². The monoisotopic (exact) mass is 334 g/mol. The Kier molecular flexibility index (Phi) is 5.26. The van der Waals surface area contributed by atoms with E-state index < -0.39 is 0 Å². The van der Waals surface area contributed by atoms with Crippen molar-refractivity contribution in [3.05, 3.63) is 28.1 Å². The number of hydrogen-bond acceptors (Lipinski definition) is 4. The molecule has 1 amide bonds. The molecule has 0 aromatic carbocycles. The molecule has 118 valence electrons. The molecule has 5 heteroatoms. The van der Waals surface area contributed by atoms with Gasteiger partial charge in [-0.1, -0.05) is 32.1 Å². The van der Waals surface area contributed by atoms with Gasteiger partial charge in [0.05, 0.1) is 4.88 Å². The largest absolute Gasteiger partial charge is 0.348 e. The second-order valence-electron chi connectivity index (χ2n) is 5.96. The number of carbonyl (C=O) groups excluding carboxylic acids is 1. The predicted molar refractivity (Wildman–Crippen MR) is 93.7 cm³/mol. The molecule has 0 unspecified atom stereocenters. The number of thiazole rings is 1. The van der Waals surface area contributed by atoms with Crippen LogP contribution >= 0.6 is 22.7 Å². The maximum Gasteiger partial charge on any atom is 0.270 e. The molecule has 1 aliphatic carbocycles. The van der Waals surface area contributed by atoms with E-state index in [-0.39, 0.29) is 5.91 Å². The van der Waals surface area contributed by atoms with Crippen molar-refractivity contribution in [2.45, 2.75) is 57.9 Å². The van der Waals surface area contributed by atoms with Crippen LogP contribution in [0.2, 0.25) is 0 Å². The minimum atomic E-state index is -0.0126. The maximum absolute atomic E-state index is 12.4. The molecule has 0 saturated heterocycles. The highest BCUT2D eigenvalue weighted by molar-refractivity contribution is 7.21. The molecule has 1 saturated carbocycles. The van der Waals surface area contributed by atoms with Crippen LogP contribution in [0, 0.1) is 6.92 Å². The Balaban J connectivity index is 1.63. The van der Waals surface area contributed by atoms with E-state index in [0.717, 1.165) is 22.7 Å². The SMILES string of the molecule is Cc1ccc(-c2nc(C(=O)NC3CCCCCCC3)cs2)s1. The first-order valence-electron chi connectivity index (χ1n) is 8.05. The standard InChI is InChI=1S/C17H22N2OS2/c1-12-9-10-15(22-12)17-19-14(11-21-17)16(20)18-13-7-5-3-2-4-6-8-13/h9-11,13H,2-8H2,1H3,(H,18,20). The van der Waals surface area contributed by atoms with E-state index in [9.17, 15) is 4.79 Å². The second-order valence-corrected chi connectivity index (χ2v) is 8.11. The summed E-state index contributed by atoms with van der Waals surface area (Å²) in [4.78, 5) is 19.3. The molecule has 0 spiro atoms. The van der Waals surface area contributed by atoms with Crippen LogP contribution in [0.25, 0.3) is 9.88 Å². The number of aryl methyl sites for hydroxylation is 1. The molecule has 2 heterocycles. The van der Waals surface area contributed by atoms with Crippen LogP contribution in [-0.2, 0) is 0 Å². The maximum atomic E-state index is 12.4. The van der Waals surface area contributed by atoms with E-state index in [1.807, 2.05) is 5.38 Å². The smallest absolute Gasteiger partial charge is 0.270 e. The third-order valence-electron chi connectivity index (χ3n) is 4.13. The zero-order valence-corrected chi connectivity index (χ0v) is 14.6. The Morgan fingerprint density at radius 1 is 1.18 bits per heavy atom. The number of nitrogens with zero attached hydrogens (tertiary/aromatic N) is 1. The third kappa shape index (κ3) is 3.96. The summed E-state index contributed by atoms with van der Waals surface area (Å²) in [6, 6.07) is 4.49. The summed E-state index contributed by atoms with van der Waals surface area (Å²) < 4.78 is 0. The summed E-state index contributed by atoms with van der Waals surface area (Å²) in [6.07, 6.45) is 8.59. The normalized spacial score (nSPS) is 17.0. The van der Waals surface area contributed by atoms with Crippen molar-refractivity contribution < 1.29 is 4.79 Å². The van der Waals surface area contributed by atoms with Gasteiger partial charge >= 0.3 is 0 Å². The summed E-state index contributed by atoms with van der Waals surface area (Å²) in [7, 11) is 0. The summed E-state index contributed by atoms with van der Waals surface area (Å²) >= 11 is 3.28. The molecular formula is C17H22N2OS2. The van der Waals surface area contributed by atoms with Gasteiger partial charge in [-0.05, 0) is 31.9 Å². The minimum Gasteiger partial charge on any atom is -0.348 e. The van der Waals surface area contributed by atoms with Crippen molar-refractivity contribution in [2.75, 3.05) is 0 Å². The molecule has 22 heavy (non-hydrogen) atoms. The molecule has 1 fully saturated rings. The summed E-state index contributed by atoms with van der Waals surface area (Å²) in [5, 5.41) is 6.00. The second kappa shape index (κ2) is 7.38. The summed E-state index contributed by atoms with van der Waals surface area (Å²) in [6.45, 7) is 2.09. The van der Waals surface area contributed by atoms with Crippen molar-refractivity contribution >= 4 is 28.6 Å². The van der Waals surface area contributed by atoms with Crippen LogP contribution in [0.1, 0.15) is 60.3 Å². The average Bonchev–Trinajstić information content (AvgIpc) is 3.10. The highest BCUT2D eigenvalue weighted by atomic mass is 32.1. The third-order valence-corrected chi connectivity index (χ3v) is 6.14. The van der Waals surface area contributed by atoms with Crippen LogP contribution in [0.15, 0.2) is 17.5 Å². The van der Waals surface area contributed by atoms with Crippen LogP contribution < -0.4 is 5.32 Å². The Morgan fingerprint density at radius 2 is 1.91 bits per heavy atom. The Labute approximate surface area is 139 Å². The van der Waals surface area contributed by atoms with Crippen molar-refractivity contribution in [3.8, 4) is 9.88 Å². The van der Waals surface area contributed by atoms with E-state index in [1.165, 1.54) is 37.0 Å². The fraction of sp³-hybridized carbons (Fsp3) is 0.529. The summed E-state index contributed by atoms with van der Waals surface area (Å²) in [5.74, 6) is -0.0126. The van der Waals surface area contributed by atoms with Gasteiger partial charge in [0.25, 0.3) is 5.91 Å². The van der Waals surface area contributed by atoms with Crippen molar-refractivity contribution in [1.82, 2.24) is 10.3 Å². The molecule has 0 aliphatic heterocycles. The average molecular weight is 335 g/mol. The van der Waals surface area contributed by atoms with E-state index >= 15 is 0 Å². The van der Waals surface area contributed by atoms with Gasteiger partial charge in [0.1, 0.15) is 10.7 Å². The number of rotatable bonds is 3. The van der Waals surface area contributed by atoms with E-state index in [2.05, 4.69) is 29.4 Å².